The second-order valence-corrected chi connectivity index (χ2v) is 6.76. The van der Waals surface area contributed by atoms with Crippen molar-refractivity contribution in [3.63, 3.8) is 0 Å². The molecule has 6 nitrogen and oxygen atoms in total. The largest absolute Gasteiger partial charge is 0.481 e. The quantitative estimate of drug-likeness (QED) is 0.707. The second-order valence-electron chi connectivity index (χ2n) is 5.84. The number of amides is 1. The van der Waals surface area contributed by atoms with E-state index >= 15 is 0 Å². The third-order valence-corrected chi connectivity index (χ3v) is 4.44. The number of carbonyl (C=O) groups is 2. The molecule has 1 aliphatic rings. The lowest BCUT2D eigenvalue weighted by Crippen LogP contribution is -2.41. The number of carboxylic acids is 1. The minimum Gasteiger partial charge on any atom is -0.481 e. The summed E-state index contributed by atoms with van der Waals surface area (Å²) in [6.45, 7) is 2.57. The van der Waals surface area contributed by atoms with E-state index in [0.717, 1.165) is 43.4 Å². The van der Waals surface area contributed by atoms with Crippen LogP contribution >= 0.6 is 15.9 Å². The molecule has 1 aromatic heterocycles. The van der Waals surface area contributed by atoms with Gasteiger partial charge in [-0.05, 0) is 66.8 Å². The van der Waals surface area contributed by atoms with Crippen LogP contribution in [0.3, 0.4) is 0 Å². The summed E-state index contributed by atoms with van der Waals surface area (Å²) in [5.74, 6) is -0.205. The van der Waals surface area contributed by atoms with Crippen molar-refractivity contribution in [2.45, 2.75) is 32.1 Å². The van der Waals surface area contributed by atoms with Crippen molar-refractivity contribution in [3.05, 3.63) is 22.8 Å². The normalized spacial score (nSPS) is 18.6. The van der Waals surface area contributed by atoms with Gasteiger partial charge in [0.15, 0.2) is 0 Å². The van der Waals surface area contributed by atoms with Gasteiger partial charge >= 0.3 is 5.97 Å². The Balaban J connectivity index is 1.77. The maximum atomic E-state index is 12.4. The van der Waals surface area contributed by atoms with Crippen molar-refractivity contribution in [1.82, 2.24) is 9.88 Å². The van der Waals surface area contributed by atoms with Crippen LogP contribution in [0.25, 0.3) is 0 Å². The SMILES string of the molecule is O=C(O)CCCCN1CCCC(C(=O)Nc2ccc(Br)cn2)C1. The molecule has 2 N–H and O–H groups in total. The summed E-state index contributed by atoms with van der Waals surface area (Å²) in [4.78, 5) is 29.3. The van der Waals surface area contributed by atoms with Crippen molar-refractivity contribution in [3.8, 4) is 0 Å². The Labute approximate surface area is 144 Å². The van der Waals surface area contributed by atoms with Gasteiger partial charge in [-0.3, -0.25) is 9.59 Å². The molecule has 0 radical (unpaired) electrons. The summed E-state index contributed by atoms with van der Waals surface area (Å²) in [5, 5.41) is 11.5. The van der Waals surface area contributed by atoms with Gasteiger partial charge in [-0.15, -0.1) is 0 Å². The van der Waals surface area contributed by atoms with Crippen molar-refractivity contribution in [1.29, 1.82) is 0 Å². The smallest absolute Gasteiger partial charge is 0.303 e. The number of piperidine rings is 1. The number of aromatic nitrogens is 1. The molecule has 1 fully saturated rings. The number of pyridine rings is 1. The number of aliphatic carboxylic acids is 1. The fourth-order valence-electron chi connectivity index (χ4n) is 2.76. The van der Waals surface area contributed by atoms with Gasteiger partial charge in [0.25, 0.3) is 0 Å². The van der Waals surface area contributed by atoms with E-state index in [2.05, 4.69) is 31.1 Å². The molecule has 0 aromatic carbocycles. The van der Waals surface area contributed by atoms with Crippen LogP contribution in [0.5, 0.6) is 0 Å². The van der Waals surface area contributed by atoms with Gasteiger partial charge in [-0.2, -0.15) is 0 Å². The minimum atomic E-state index is -0.747. The standard InChI is InChI=1S/C16H22BrN3O3/c17-13-6-7-14(18-10-13)19-16(23)12-4-3-9-20(11-12)8-2-1-5-15(21)22/h6-7,10,12H,1-5,8-9,11H2,(H,21,22)(H,18,19,23). The highest BCUT2D eigenvalue weighted by molar-refractivity contribution is 9.10. The highest BCUT2D eigenvalue weighted by Crippen LogP contribution is 2.19. The molecule has 1 saturated heterocycles. The second kappa shape index (κ2) is 8.98. The Kier molecular flexibility index (Phi) is 6.98. The molecule has 23 heavy (non-hydrogen) atoms. The van der Waals surface area contributed by atoms with E-state index in [1.165, 1.54) is 0 Å². The predicted octanol–water partition coefficient (Wildman–Crippen LogP) is 2.75. The number of rotatable bonds is 7. The molecular formula is C16H22BrN3O3. The molecule has 2 heterocycles. The number of halogens is 1. The fourth-order valence-corrected chi connectivity index (χ4v) is 3.00. The van der Waals surface area contributed by atoms with Crippen molar-refractivity contribution in [2.75, 3.05) is 25.0 Å². The molecule has 0 bridgehead atoms. The highest BCUT2D eigenvalue weighted by Gasteiger charge is 2.25. The van der Waals surface area contributed by atoms with Crippen LogP contribution in [-0.4, -0.2) is 46.5 Å². The topological polar surface area (TPSA) is 82.5 Å². The summed E-state index contributed by atoms with van der Waals surface area (Å²) in [6.07, 6.45) is 5.29. The number of hydrogen-bond acceptors (Lipinski definition) is 4. The van der Waals surface area contributed by atoms with Gasteiger partial charge in [0.2, 0.25) is 5.91 Å². The summed E-state index contributed by atoms with van der Waals surface area (Å²) < 4.78 is 0.876. The van der Waals surface area contributed by atoms with Gasteiger partial charge in [0, 0.05) is 23.6 Å². The zero-order valence-corrected chi connectivity index (χ0v) is 14.6. The number of likely N-dealkylation sites (tertiary alicyclic amines) is 1. The third-order valence-electron chi connectivity index (χ3n) is 3.97. The number of nitrogens with one attached hydrogen (secondary N) is 1. The Morgan fingerprint density at radius 2 is 2.22 bits per heavy atom. The summed E-state index contributed by atoms with van der Waals surface area (Å²) in [6, 6.07) is 3.62. The van der Waals surface area contributed by atoms with Crippen LogP contribution in [0.1, 0.15) is 32.1 Å². The monoisotopic (exact) mass is 383 g/mol. The first kappa shape index (κ1) is 17.9. The lowest BCUT2D eigenvalue weighted by molar-refractivity contribution is -0.137. The molecule has 1 atom stereocenters. The van der Waals surface area contributed by atoms with E-state index in [9.17, 15) is 9.59 Å². The molecule has 0 aliphatic carbocycles. The Morgan fingerprint density at radius 3 is 2.91 bits per heavy atom. The van der Waals surface area contributed by atoms with Gasteiger partial charge in [-0.1, -0.05) is 0 Å². The number of anilines is 1. The molecule has 1 amide bonds. The van der Waals surface area contributed by atoms with Crippen LogP contribution in [0.4, 0.5) is 5.82 Å². The van der Waals surface area contributed by atoms with Gasteiger partial charge < -0.3 is 15.3 Å². The summed E-state index contributed by atoms with van der Waals surface area (Å²) >= 11 is 3.32. The van der Waals surface area contributed by atoms with Crippen LogP contribution in [0.15, 0.2) is 22.8 Å². The summed E-state index contributed by atoms with van der Waals surface area (Å²) in [7, 11) is 0. The van der Waals surface area contributed by atoms with E-state index in [4.69, 9.17) is 5.11 Å². The average Bonchev–Trinajstić information content (AvgIpc) is 2.54. The van der Waals surface area contributed by atoms with Crippen LogP contribution in [-0.2, 0) is 9.59 Å². The van der Waals surface area contributed by atoms with E-state index in [0.29, 0.717) is 12.2 Å². The number of carbonyl (C=O) groups excluding carboxylic acids is 1. The van der Waals surface area contributed by atoms with Crippen molar-refractivity contribution < 1.29 is 14.7 Å². The number of nitrogens with zero attached hydrogens (tertiary/aromatic N) is 2. The lowest BCUT2D eigenvalue weighted by atomic mass is 9.97. The van der Waals surface area contributed by atoms with Gasteiger partial charge in [-0.25, -0.2) is 4.98 Å². The van der Waals surface area contributed by atoms with Crippen molar-refractivity contribution in [2.24, 2.45) is 5.92 Å². The van der Waals surface area contributed by atoms with E-state index in [1.807, 2.05) is 6.07 Å². The summed E-state index contributed by atoms with van der Waals surface area (Å²) in [5.41, 5.74) is 0. The molecule has 1 aromatic rings. The van der Waals surface area contributed by atoms with E-state index < -0.39 is 5.97 Å². The third kappa shape index (κ3) is 6.27. The molecule has 126 valence electrons. The van der Waals surface area contributed by atoms with Crippen LogP contribution in [0, 0.1) is 5.92 Å². The van der Waals surface area contributed by atoms with Crippen LogP contribution in [0.2, 0.25) is 0 Å². The maximum absolute atomic E-state index is 12.4. The molecular weight excluding hydrogens is 362 g/mol. The van der Waals surface area contributed by atoms with Gasteiger partial charge in [0.05, 0.1) is 5.92 Å². The van der Waals surface area contributed by atoms with Crippen LogP contribution < -0.4 is 5.32 Å². The average molecular weight is 384 g/mol. The first-order valence-electron chi connectivity index (χ1n) is 7.91. The zero-order chi connectivity index (χ0) is 16.7. The molecule has 7 heteroatoms. The van der Waals surface area contributed by atoms with E-state index in [1.54, 1.807) is 12.3 Å². The first-order chi connectivity index (χ1) is 11.0. The maximum Gasteiger partial charge on any atom is 0.303 e. The number of carboxylic acid groups (broad SMARTS) is 1. The lowest BCUT2D eigenvalue weighted by Gasteiger charge is -2.31. The van der Waals surface area contributed by atoms with Gasteiger partial charge in [0.1, 0.15) is 5.82 Å². The predicted molar refractivity (Wildman–Crippen MR) is 91.2 cm³/mol. The number of hydrogen-bond donors (Lipinski definition) is 2. The van der Waals surface area contributed by atoms with E-state index in [-0.39, 0.29) is 18.2 Å². The Morgan fingerprint density at radius 1 is 1.39 bits per heavy atom. The molecule has 2 rings (SSSR count). The molecule has 1 unspecified atom stereocenters. The van der Waals surface area contributed by atoms with Crippen molar-refractivity contribution >= 4 is 33.6 Å². The first-order valence-corrected chi connectivity index (χ1v) is 8.70. The molecule has 0 saturated carbocycles. The fraction of sp³-hybridized carbons (Fsp3) is 0.562. The highest BCUT2D eigenvalue weighted by atomic mass is 79.9. The molecule has 1 aliphatic heterocycles. The minimum absolute atomic E-state index is 0.00931. The number of unbranched alkanes of at least 4 members (excludes halogenated alkanes) is 1. The Bertz CT molecular complexity index is 536. The zero-order valence-electron chi connectivity index (χ0n) is 13.0. The molecule has 0 spiro atoms. The Hall–Kier alpha value is -1.47.